The van der Waals surface area contributed by atoms with E-state index < -0.39 is 0 Å². The van der Waals surface area contributed by atoms with Crippen molar-refractivity contribution >= 4 is 46.0 Å². The summed E-state index contributed by atoms with van der Waals surface area (Å²) in [4.78, 5) is 33.7. The molecule has 168 valence electrons. The number of methoxy groups -OCH3 is 2. The number of rotatable bonds is 5. The normalized spacial score (nSPS) is 18.2. The molecule has 0 bridgehead atoms. The number of hydrogen-bond donors (Lipinski definition) is 2. The molecule has 1 fully saturated rings. The van der Waals surface area contributed by atoms with Gasteiger partial charge in [0.25, 0.3) is 5.56 Å². The highest BCUT2D eigenvalue weighted by molar-refractivity contribution is 6.41. The number of fused-ring (bicyclic) bond motifs is 1. The molecule has 3 aromatic rings. The molecule has 3 N–H and O–H groups in total. The zero-order chi connectivity index (χ0) is 23.2. The van der Waals surface area contributed by atoms with E-state index in [2.05, 4.69) is 15.3 Å². The largest absolute Gasteiger partial charge is 0.495 e. The highest BCUT2D eigenvalue weighted by atomic mass is 35.5. The first-order chi connectivity index (χ1) is 15.2. The molecule has 1 aliphatic rings. The number of nitrogens with zero attached hydrogens (tertiary/aromatic N) is 3. The van der Waals surface area contributed by atoms with Crippen LogP contribution in [0.2, 0.25) is 10.0 Å². The van der Waals surface area contributed by atoms with Crippen molar-refractivity contribution in [2.75, 3.05) is 19.5 Å². The Bertz CT molecular complexity index is 1270. The number of Topliss-reactive ketones (excluding diaryl/α,β-unsaturated/α-hetero) is 1. The summed E-state index contributed by atoms with van der Waals surface area (Å²) < 4.78 is 12.0. The van der Waals surface area contributed by atoms with E-state index in [0.717, 1.165) is 0 Å². The second kappa shape index (κ2) is 8.57. The van der Waals surface area contributed by atoms with Gasteiger partial charge in [-0.3, -0.25) is 14.2 Å². The van der Waals surface area contributed by atoms with Gasteiger partial charge in [-0.1, -0.05) is 23.2 Å². The summed E-state index contributed by atoms with van der Waals surface area (Å²) in [5, 5.41) is 4.06. The van der Waals surface area contributed by atoms with E-state index >= 15 is 0 Å². The zero-order valence-electron chi connectivity index (χ0n) is 17.6. The van der Waals surface area contributed by atoms with E-state index in [1.807, 2.05) is 0 Å². The van der Waals surface area contributed by atoms with Crippen LogP contribution in [0.15, 0.2) is 23.1 Å². The topological polar surface area (TPSA) is 121 Å². The van der Waals surface area contributed by atoms with Crippen molar-refractivity contribution in [2.45, 2.75) is 24.9 Å². The van der Waals surface area contributed by atoms with E-state index in [0.29, 0.717) is 40.9 Å². The van der Waals surface area contributed by atoms with E-state index in [-0.39, 0.29) is 45.0 Å². The van der Waals surface area contributed by atoms with Gasteiger partial charge in [0.1, 0.15) is 22.9 Å². The summed E-state index contributed by atoms with van der Waals surface area (Å²) in [5.74, 6) is 1.02. The van der Waals surface area contributed by atoms with Gasteiger partial charge in [-0.25, -0.2) is 4.98 Å². The Morgan fingerprint density at radius 1 is 1.12 bits per heavy atom. The van der Waals surface area contributed by atoms with Crippen LogP contribution in [0.4, 0.5) is 5.95 Å². The monoisotopic (exact) mass is 477 g/mol. The Morgan fingerprint density at radius 3 is 2.34 bits per heavy atom. The average Bonchev–Trinajstić information content (AvgIpc) is 3.08. The minimum atomic E-state index is -0.367. The lowest BCUT2D eigenvalue weighted by molar-refractivity contribution is -0.117. The predicted octanol–water partition coefficient (Wildman–Crippen LogP) is 2.79. The molecule has 9 nitrogen and oxygen atoms in total. The van der Waals surface area contributed by atoms with Crippen molar-refractivity contribution in [3.8, 4) is 22.6 Å². The van der Waals surface area contributed by atoms with Gasteiger partial charge in [0, 0.05) is 49.1 Å². The van der Waals surface area contributed by atoms with Gasteiger partial charge in [-0.15, -0.1) is 0 Å². The van der Waals surface area contributed by atoms with Crippen LogP contribution in [-0.4, -0.2) is 46.6 Å². The summed E-state index contributed by atoms with van der Waals surface area (Å²) in [7, 11) is 4.51. The number of halogens is 2. The van der Waals surface area contributed by atoms with E-state index in [4.69, 9.17) is 38.4 Å². The SMILES string of the molecule is COc1cc(OC)c(Cl)c(-c2cc3cnc(N[C@H]4CC(=O)CC4N)nc3n(C)c2=O)c1Cl. The van der Waals surface area contributed by atoms with E-state index in [9.17, 15) is 9.59 Å². The van der Waals surface area contributed by atoms with Gasteiger partial charge < -0.3 is 20.5 Å². The lowest BCUT2D eigenvalue weighted by atomic mass is 10.0. The predicted molar refractivity (Wildman–Crippen MR) is 123 cm³/mol. The summed E-state index contributed by atoms with van der Waals surface area (Å²) in [6, 6.07) is 2.62. The molecule has 1 saturated carbocycles. The number of aromatic nitrogens is 3. The molecule has 11 heteroatoms. The third kappa shape index (κ3) is 3.76. The second-order valence-corrected chi connectivity index (χ2v) is 8.30. The first-order valence-corrected chi connectivity index (χ1v) is 10.5. The number of nitrogens with one attached hydrogen (secondary N) is 1. The Labute approximate surface area is 193 Å². The number of benzene rings is 1. The highest BCUT2D eigenvalue weighted by Gasteiger charge is 2.30. The molecular weight excluding hydrogens is 457 g/mol. The van der Waals surface area contributed by atoms with E-state index in [1.165, 1.54) is 18.8 Å². The summed E-state index contributed by atoms with van der Waals surface area (Å²) in [6.07, 6.45) is 2.21. The van der Waals surface area contributed by atoms with Crippen LogP contribution >= 0.6 is 23.2 Å². The standard InChI is InChI=1S/C21H21Cl2N5O4/c1-28-19-9(8-25-21(27-19)26-13-6-10(29)5-12(13)24)4-11(20(28)30)16-17(22)14(31-2)7-15(32-3)18(16)23/h4,7-8,12-13H,5-6,24H2,1-3H3,(H,25,26,27)/t12?,13-/m0/s1. The lowest BCUT2D eigenvalue weighted by Crippen LogP contribution is -2.35. The molecule has 0 spiro atoms. The second-order valence-electron chi connectivity index (χ2n) is 7.54. The third-order valence-electron chi connectivity index (χ3n) is 5.53. The number of pyridine rings is 1. The third-order valence-corrected chi connectivity index (χ3v) is 6.28. The molecule has 2 heterocycles. The minimum absolute atomic E-state index is 0.0929. The minimum Gasteiger partial charge on any atom is -0.495 e. The molecule has 0 aliphatic heterocycles. The summed E-state index contributed by atoms with van der Waals surface area (Å²) in [5.41, 5.74) is 6.58. The molecule has 1 unspecified atom stereocenters. The maximum atomic E-state index is 13.3. The van der Waals surface area contributed by atoms with Gasteiger partial charge in [0.05, 0.1) is 35.9 Å². The van der Waals surface area contributed by atoms with Crippen molar-refractivity contribution in [1.82, 2.24) is 14.5 Å². The number of aryl methyl sites for hydroxylation is 1. The Morgan fingerprint density at radius 2 is 1.78 bits per heavy atom. The fraction of sp³-hybridized carbons (Fsp3) is 0.333. The Kier molecular flexibility index (Phi) is 5.98. The summed E-state index contributed by atoms with van der Waals surface area (Å²) >= 11 is 13.0. The van der Waals surface area contributed by atoms with E-state index in [1.54, 1.807) is 25.4 Å². The van der Waals surface area contributed by atoms with Gasteiger partial charge in [-0.05, 0) is 6.07 Å². The van der Waals surface area contributed by atoms with Gasteiger partial charge in [0.15, 0.2) is 0 Å². The van der Waals surface area contributed by atoms with Crippen molar-refractivity contribution in [3.05, 3.63) is 38.7 Å². The first-order valence-electron chi connectivity index (χ1n) is 9.76. The fourth-order valence-electron chi connectivity index (χ4n) is 3.83. The first kappa shape index (κ1) is 22.3. The number of hydrogen-bond acceptors (Lipinski definition) is 8. The van der Waals surface area contributed by atoms with Crippen LogP contribution in [0.3, 0.4) is 0 Å². The van der Waals surface area contributed by atoms with Crippen molar-refractivity contribution < 1.29 is 14.3 Å². The van der Waals surface area contributed by atoms with Gasteiger partial charge in [-0.2, -0.15) is 4.98 Å². The quantitative estimate of drug-likeness (QED) is 0.574. The number of carbonyl (C=O) groups excluding carboxylic acids is 1. The van der Waals surface area contributed by atoms with Crippen LogP contribution in [0.25, 0.3) is 22.2 Å². The van der Waals surface area contributed by atoms with Crippen LogP contribution in [0.5, 0.6) is 11.5 Å². The van der Waals surface area contributed by atoms with Crippen LogP contribution in [0, 0.1) is 0 Å². The number of anilines is 1. The number of ether oxygens (including phenoxy) is 2. The Balaban J connectivity index is 1.84. The highest BCUT2D eigenvalue weighted by Crippen LogP contribution is 2.45. The van der Waals surface area contributed by atoms with Crippen molar-refractivity contribution in [1.29, 1.82) is 0 Å². The molecule has 1 aromatic carbocycles. The fourth-order valence-corrected chi connectivity index (χ4v) is 4.53. The molecule has 0 radical (unpaired) electrons. The number of nitrogens with two attached hydrogens (primary N) is 1. The average molecular weight is 478 g/mol. The van der Waals surface area contributed by atoms with Crippen molar-refractivity contribution in [3.63, 3.8) is 0 Å². The number of carbonyl (C=O) groups is 1. The van der Waals surface area contributed by atoms with Crippen molar-refractivity contribution in [2.24, 2.45) is 12.8 Å². The molecule has 0 amide bonds. The van der Waals surface area contributed by atoms with Crippen LogP contribution in [0.1, 0.15) is 12.8 Å². The molecule has 4 rings (SSSR count). The Hall–Kier alpha value is -2.88. The molecular formula is C21H21Cl2N5O4. The smallest absolute Gasteiger partial charge is 0.259 e. The number of ketones is 1. The van der Waals surface area contributed by atoms with Gasteiger partial charge in [0.2, 0.25) is 5.95 Å². The maximum absolute atomic E-state index is 13.3. The molecule has 32 heavy (non-hydrogen) atoms. The zero-order valence-corrected chi connectivity index (χ0v) is 19.1. The van der Waals surface area contributed by atoms with Crippen LogP contribution in [-0.2, 0) is 11.8 Å². The molecule has 0 saturated heterocycles. The molecule has 2 aromatic heterocycles. The molecule has 1 aliphatic carbocycles. The summed E-state index contributed by atoms with van der Waals surface area (Å²) in [6.45, 7) is 0. The van der Waals surface area contributed by atoms with Crippen LogP contribution < -0.4 is 26.1 Å². The lowest BCUT2D eigenvalue weighted by Gasteiger charge is -2.17. The van der Waals surface area contributed by atoms with Gasteiger partial charge >= 0.3 is 0 Å². The maximum Gasteiger partial charge on any atom is 0.259 e. The molecule has 2 atom stereocenters.